The Hall–Kier alpha value is -1.26. The van der Waals surface area contributed by atoms with E-state index in [0.29, 0.717) is 19.0 Å². The fourth-order valence-electron chi connectivity index (χ4n) is 1.47. The van der Waals surface area contributed by atoms with Crippen molar-refractivity contribution in [3.63, 3.8) is 0 Å². The predicted molar refractivity (Wildman–Crippen MR) is 70.1 cm³/mol. The van der Waals surface area contributed by atoms with E-state index in [9.17, 15) is 4.79 Å². The quantitative estimate of drug-likeness (QED) is 0.347. The van der Waals surface area contributed by atoms with Crippen molar-refractivity contribution in [3.05, 3.63) is 0 Å². The summed E-state index contributed by atoms with van der Waals surface area (Å²) < 4.78 is 0. The molecule has 0 aromatic heterocycles. The van der Waals surface area contributed by atoms with E-state index in [1.807, 2.05) is 13.8 Å². The number of carbonyl (C=O) groups excluding carboxylic acids is 1. The van der Waals surface area contributed by atoms with E-state index < -0.39 is 0 Å². The molecule has 0 radical (unpaired) electrons. The van der Waals surface area contributed by atoms with Crippen LogP contribution >= 0.6 is 0 Å². The highest BCUT2D eigenvalue weighted by Gasteiger charge is 2.22. The minimum atomic E-state index is 0.163. The molecule has 0 aliphatic heterocycles. The maximum Gasteiger partial charge on any atom is 0.220 e. The summed E-state index contributed by atoms with van der Waals surface area (Å²) in [5.74, 6) is 0.994. The summed E-state index contributed by atoms with van der Waals surface area (Å²) >= 11 is 0. The Morgan fingerprint density at radius 3 is 2.41 bits per heavy atom. The molecule has 0 aromatic rings. The first kappa shape index (κ1) is 13.8. The molecule has 1 saturated carbocycles. The second-order valence-corrected chi connectivity index (χ2v) is 4.24. The van der Waals surface area contributed by atoms with Crippen LogP contribution in [0.1, 0.15) is 39.5 Å². The molecule has 0 spiro atoms. The Morgan fingerprint density at radius 1 is 1.24 bits per heavy atom. The van der Waals surface area contributed by atoms with Crippen molar-refractivity contribution in [1.82, 2.24) is 16.0 Å². The summed E-state index contributed by atoms with van der Waals surface area (Å²) in [5.41, 5.74) is 0. The zero-order valence-corrected chi connectivity index (χ0v) is 10.9. The molecule has 5 nitrogen and oxygen atoms in total. The molecule has 1 amide bonds. The SMILES string of the molecule is CCNC(=NCCCC(=O)NC1CC1)NCC. The molecule has 3 N–H and O–H groups in total. The number of nitrogens with one attached hydrogen (secondary N) is 3. The summed E-state index contributed by atoms with van der Waals surface area (Å²) in [6.07, 6.45) is 3.67. The van der Waals surface area contributed by atoms with Gasteiger partial charge in [-0.2, -0.15) is 0 Å². The molecule has 1 aliphatic carbocycles. The Kier molecular flexibility index (Phi) is 6.43. The van der Waals surface area contributed by atoms with Gasteiger partial charge in [-0.15, -0.1) is 0 Å². The smallest absolute Gasteiger partial charge is 0.220 e. The number of nitrogens with zero attached hydrogens (tertiary/aromatic N) is 1. The summed E-state index contributed by atoms with van der Waals surface area (Å²) in [4.78, 5) is 15.8. The van der Waals surface area contributed by atoms with Crippen molar-refractivity contribution < 1.29 is 4.79 Å². The average Bonchev–Trinajstić information content (AvgIpc) is 3.09. The maximum absolute atomic E-state index is 11.4. The number of guanidine groups is 1. The van der Waals surface area contributed by atoms with Gasteiger partial charge in [0, 0.05) is 32.1 Å². The van der Waals surface area contributed by atoms with Gasteiger partial charge in [0.05, 0.1) is 0 Å². The zero-order valence-electron chi connectivity index (χ0n) is 10.9. The zero-order chi connectivity index (χ0) is 12.5. The van der Waals surface area contributed by atoms with Crippen molar-refractivity contribution in [2.45, 2.75) is 45.6 Å². The van der Waals surface area contributed by atoms with Crippen LogP contribution in [0, 0.1) is 0 Å². The molecule has 0 aromatic carbocycles. The number of rotatable bonds is 7. The van der Waals surface area contributed by atoms with E-state index in [1.165, 1.54) is 0 Å². The van der Waals surface area contributed by atoms with Crippen LogP contribution in [0.3, 0.4) is 0 Å². The number of amides is 1. The van der Waals surface area contributed by atoms with Crippen LogP contribution in [0.5, 0.6) is 0 Å². The van der Waals surface area contributed by atoms with Gasteiger partial charge < -0.3 is 16.0 Å². The normalized spacial score (nSPS) is 14.0. The van der Waals surface area contributed by atoms with Gasteiger partial charge in [-0.1, -0.05) is 0 Å². The van der Waals surface area contributed by atoms with Gasteiger partial charge in [0.25, 0.3) is 0 Å². The topological polar surface area (TPSA) is 65.5 Å². The molecular formula is C12H24N4O. The van der Waals surface area contributed by atoms with Gasteiger partial charge >= 0.3 is 0 Å². The largest absolute Gasteiger partial charge is 0.357 e. The van der Waals surface area contributed by atoms with Crippen LogP contribution in [-0.2, 0) is 4.79 Å². The molecule has 1 aliphatic rings. The first-order valence-corrected chi connectivity index (χ1v) is 6.57. The third-order valence-electron chi connectivity index (χ3n) is 2.46. The average molecular weight is 240 g/mol. The summed E-state index contributed by atoms with van der Waals surface area (Å²) in [6.45, 7) is 6.47. The van der Waals surface area contributed by atoms with Crippen molar-refractivity contribution >= 4 is 11.9 Å². The fourth-order valence-corrected chi connectivity index (χ4v) is 1.47. The van der Waals surface area contributed by atoms with Crippen LogP contribution in [0.4, 0.5) is 0 Å². The Bertz CT molecular complexity index is 253. The first-order chi connectivity index (χ1) is 8.26. The van der Waals surface area contributed by atoms with Gasteiger partial charge in [0.1, 0.15) is 0 Å². The lowest BCUT2D eigenvalue weighted by atomic mass is 10.3. The predicted octanol–water partition coefficient (Wildman–Crippen LogP) is 0.620. The number of hydrogen-bond donors (Lipinski definition) is 3. The number of aliphatic imine (C=N–C) groups is 1. The van der Waals surface area contributed by atoms with Crippen molar-refractivity contribution in [1.29, 1.82) is 0 Å². The van der Waals surface area contributed by atoms with E-state index in [4.69, 9.17) is 0 Å². The minimum absolute atomic E-state index is 0.163. The van der Waals surface area contributed by atoms with Gasteiger partial charge in [-0.3, -0.25) is 9.79 Å². The van der Waals surface area contributed by atoms with E-state index in [2.05, 4.69) is 20.9 Å². The van der Waals surface area contributed by atoms with Crippen LogP contribution in [0.25, 0.3) is 0 Å². The molecule has 0 bridgehead atoms. The highest BCUT2D eigenvalue weighted by molar-refractivity contribution is 5.79. The lowest BCUT2D eigenvalue weighted by molar-refractivity contribution is -0.121. The van der Waals surface area contributed by atoms with Gasteiger partial charge in [-0.05, 0) is 33.1 Å². The Labute approximate surface area is 103 Å². The molecule has 5 heteroatoms. The second-order valence-electron chi connectivity index (χ2n) is 4.24. The first-order valence-electron chi connectivity index (χ1n) is 6.57. The van der Waals surface area contributed by atoms with Crippen LogP contribution in [0.15, 0.2) is 4.99 Å². The molecule has 0 heterocycles. The number of carbonyl (C=O) groups is 1. The molecule has 1 fully saturated rings. The molecule has 0 unspecified atom stereocenters. The molecule has 17 heavy (non-hydrogen) atoms. The second kappa shape index (κ2) is 7.92. The molecule has 0 atom stereocenters. The molecule has 1 rings (SSSR count). The van der Waals surface area contributed by atoms with Gasteiger partial charge in [0.2, 0.25) is 5.91 Å². The Morgan fingerprint density at radius 2 is 1.88 bits per heavy atom. The van der Waals surface area contributed by atoms with Crippen LogP contribution in [-0.4, -0.2) is 37.5 Å². The van der Waals surface area contributed by atoms with E-state index >= 15 is 0 Å². The minimum Gasteiger partial charge on any atom is -0.357 e. The summed E-state index contributed by atoms with van der Waals surface area (Å²) in [7, 11) is 0. The number of hydrogen-bond acceptors (Lipinski definition) is 2. The van der Waals surface area contributed by atoms with Crippen molar-refractivity contribution in [2.24, 2.45) is 4.99 Å². The van der Waals surface area contributed by atoms with E-state index in [0.717, 1.165) is 38.3 Å². The lowest BCUT2D eigenvalue weighted by Crippen LogP contribution is -2.37. The molecular weight excluding hydrogens is 216 g/mol. The maximum atomic E-state index is 11.4. The van der Waals surface area contributed by atoms with Gasteiger partial charge in [-0.25, -0.2) is 0 Å². The third kappa shape index (κ3) is 6.81. The van der Waals surface area contributed by atoms with E-state index in [-0.39, 0.29) is 5.91 Å². The van der Waals surface area contributed by atoms with Crippen LogP contribution < -0.4 is 16.0 Å². The third-order valence-corrected chi connectivity index (χ3v) is 2.46. The summed E-state index contributed by atoms with van der Waals surface area (Å²) in [6, 6.07) is 0.463. The fraction of sp³-hybridized carbons (Fsp3) is 0.833. The highest BCUT2D eigenvalue weighted by Crippen LogP contribution is 2.18. The van der Waals surface area contributed by atoms with Crippen molar-refractivity contribution in [3.8, 4) is 0 Å². The van der Waals surface area contributed by atoms with Crippen LogP contribution in [0.2, 0.25) is 0 Å². The lowest BCUT2D eigenvalue weighted by Gasteiger charge is -2.08. The standard InChI is InChI=1S/C12H24N4O/c1-3-13-12(14-4-2)15-9-5-6-11(17)16-10-7-8-10/h10H,3-9H2,1-2H3,(H,16,17)(H2,13,14,15). The summed E-state index contributed by atoms with van der Waals surface area (Å²) in [5, 5.41) is 9.28. The molecule has 0 saturated heterocycles. The molecule has 98 valence electrons. The Balaban J connectivity index is 2.10. The monoisotopic (exact) mass is 240 g/mol. The highest BCUT2D eigenvalue weighted by atomic mass is 16.1. The van der Waals surface area contributed by atoms with Crippen molar-refractivity contribution in [2.75, 3.05) is 19.6 Å². The van der Waals surface area contributed by atoms with E-state index in [1.54, 1.807) is 0 Å². The van der Waals surface area contributed by atoms with Gasteiger partial charge in [0.15, 0.2) is 5.96 Å².